The summed E-state index contributed by atoms with van der Waals surface area (Å²) in [6.07, 6.45) is 0. The summed E-state index contributed by atoms with van der Waals surface area (Å²) in [6, 6.07) is 12.2. The first-order valence-electron chi connectivity index (χ1n) is 7.89. The minimum Gasteiger partial charge on any atom is -0.350 e. The third-order valence-corrected chi connectivity index (χ3v) is 7.10. The topological polar surface area (TPSA) is 57.8 Å². The van der Waals surface area contributed by atoms with E-state index < -0.39 is 0 Å². The van der Waals surface area contributed by atoms with E-state index in [-0.39, 0.29) is 5.91 Å². The monoisotopic (exact) mass is 417 g/mol. The molecular formula is C18H15N3OS4. The number of carbonyl (C=O) groups excluding carboxylic acids is 1. The van der Waals surface area contributed by atoms with Crippen LogP contribution in [-0.4, -0.2) is 21.6 Å². The van der Waals surface area contributed by atoms with Crippen LogP contribution in [0.2, 0.25) is 0 Å². The van der Waals surface area contributed by atoms with Crippen molar-refractivity contribution in [1.82, 2.24) is 15.3 Å². The summed E-state index contributed by atoms with van der Waals surface area (Å²) in [5.41, 5.74) is 1.97. The van der Waals surface area contributed by atoms with Gasteiger partial charge in [0.25, 0.3) is 0 Å². The molecule has 4 heterocycles. The van der Waals surface area contributed by atoms with E-state index in [1.165, 1.54) is 11.8 Å². The van der Waals surface area contributed by atoms with Crippen LogP contribution in [0.4, 0.5) is 0 Å². The number of hydrogen-bond donors (Lipinski definition) is 2. The highest BCUT2D eigenvalue weighted by Gasteiger charge is 2.16. The number of thiophene rings is 3. The van der Waals surface area contributed by atoms with Gasteiger partial charge in [-0.2, -0.15) is 0 Å². The Morgan fingerprint density at radius 3 is 2.46 bits per heavy atom. The summed E-state index contributed by atoms with van der Waals surface area (Å²) in [4.78, 5) is 23.6. The highest BCUT2D eigenvalue weighted by molar-refractivity contribution is 7.99. The minimum atomic E-state index is 0.00940. The number of carbonyl (C=O) groups is 1. The van der Waals surface area contributed by atoms with Crippen molar-refractivity contribution in [2.45, 2.75) is 11.7 Å². The van der Waals surface area contributed by atoms with E-state index in [9.17, 15) is 4.79 Å². The molecule has 0 atom stereocenters. The maximum absolute atomic E-state index is 12.1. The second kappa shape index (κ2) is 8.22. The van der Waals surface area contributed by atoms with Crippen LogP contribution in [0.1, 0.15) is 4.88 Å². The number of aromatic nitrogens is 2. The molecule has 0 spiro atoms. The van der Waals surface area contributed by atoms with E-state index in [2.05, 4.69) is 27.8 Å². The predicted molar refractivity (Wildman–Crippen MR) is 112 cm³/mol. The van der Waals surface area contributed by atoms with Crippen LogP contribution in [0.15, 0.2) is 57.7 Å². The fourth-order valence-corrected chi connectivity index (χ4v) is 5.19. The zero-order valence-corrected chi connectivity index (χ0v) is 16.9. The Labute approximate surface area is 167 Å². The minimum absolute atomic E-state index is 0.00940. The van der Waals surface area contributed by atoms with Gasteiger partial charge in [-0.3, -0.25) is 4.79 Å². The van der Waals surface area contributed by atoms with Gasteiger partial charge in [0.05, 0.1) is 27.7 Å². The van der Waals surface area contributed by atoms with E-state index >= 15 is 0 Å². The normalized spacial score (nSPS) is 10.9. The van der Waals surface area contributed by atoms with Gasteiger partial charge in [0.2, 0.25) is 5.91 Å². The van der Waals surface area contributed by atoms with E-state index in [1.807, 2.05) is 35.0 Å². The number of nitrogens with zero attached hydrogens (tertiary/aromatic N) is 1. The summed E-state index contributed by atoms with van der Waals surface area (Å²) in [5, 5.41) is 9.83. The number of thioether (sulfide) groups is 1. The van der Waals surface area contributed by atoms with Crippen LogP contribution in [0.5, 0.6) is 0 Å². The number of H-pyrrole nitrogens is 1. The average molecular weight is 418 g/mol. The number of rotatable bonds is 7. The molecule has 0 aliphatic rings. The van der Waals surface area contributed by atoms with Gasteiger partial charge in [0.15, 0.2) is 5.16 Å². The zero-order valence-electron chi connectivity index (χ0n) is 13.6. The van der Waals surface area contributed by atoms with Gasteiger partial charge in [-0.05, 0) is 34.3 Å². The lowest BCUT2D eigenvalue weighted by atomic mass is 10.2. The molecule has 0 aliphatic heterocycles. The van der Waals surface area contributed by atoms with Crippen LogP contribution >= 0.6 is 45.8 Å². The van der Waals surface area contributed by atoms with Gasteiger partial charge in [0.1, 0.15) is 5.69 Å². The molecule has 4 aromatic rings. The summed E-state index contributed by atoms with van der Waals surface area (Å²) < 4.78 is 0. The molecule has 26 heavy (non-hydrogen) atoms. The first-order chi connectivity index (χ1) is 12.8. The third-order valence-electron chi connectivity index (χ3n) is 3.58. The quantitative estimate of drug-likeness (QED) is 0.399. The molecule has 4 aromatic heterocycles. The fraction of sp³-hybridized carbons (Fsp3) is 0.111. The van der Waals surface area contributed by atoms with E-state index in [0.29, 0.717) is 12.3 Å². The molecular weight excluding hydrogens is 402 g/mol. The Hall–Kier alpha value is -1.87. The Morgan fingerprint density at radius 1 is 1.04 bits per heavy atom. The average Bonchev–Trinajstić information content (AvgIpc) is 3.44. The summed E-state index contributed by atoms with van der Waals surface area (Å²) in [6.45, 7) is 0.579. The summed E-state index contributed by atoms with van der Waals surface area (Å²) >= 11 is 6.42. The molecule has 4 rings (SSSR count). The predicted octanol–water partition coefficient (Wildman–Crippen LogP) is 5.34. The van der Waals surface area contributed by atoms with Crippen molar-refractivity contribution in [2.24, 2.45) is 0 Å². The molecule has 1 amide bonds. The lowest BCUT2D eigenvalue weighted by molar-refractivity contribution is -0.118. The standard InChI is InChI=1S/C18H15N3OS4/c22-15(19-10-12-4-1-7-23-12)11-26-18-20-16(13-5-2-8-24-13)17(21-18)14-6-3-9-25-14/h1-9H,10-11H2,(H,19,22)(H,20,21). The van der Waals surface area contributed by atoms with Crippen molar-refractivity contribution in [1.29, 1.82) is 0 Å². The molecule has 4 nitrogen and oxygen atoms in total. The van der Waals surface area contributed by atoms with Crippen molar-refractivity contribution < 1.29 is 4.79 Å². The third kappa shape index (κ3) is 4.09. The zero-order chi connectivity index (χ0) is 17.8. The van der Waals surface area contributed by atoms with Crippen LogP contribution in [0, 0.1) is 0 Å². The number of aromatic amines is 1. The van der Waals surface area contributed by atoms with Gasteiger partial charge >= 0.3 is 0 Å². The number of nitrogens with one attached hydrogen (secondary N) is 2. The SMILES string of the molecule is O=C(CSc1nc(-c2cccs2)c(-c2cccs2)[nH]1)NCc1cccs1. The molecule has 0 saturated heterocycles. The second-order valence-corrected chi connectivity index (χ2v) is 9.26. The lowest BCUT2D eigenvalue weighted by Gasteiger charge is -2.02. The van der Waals surface area contributed by atoms with Crippen molar-refractivity contribution in [3.05, 3.63) is 57.4 Å². The summed E-state index contributed by atoms with van der Waals surface area (Å²) in [7, 11) is 0. The maximum atomic E-state index is 12.1. The molecule has 0 radical (unpaired) electrons. The second-order valence-electron chi connectivity index (χ2n) is 5.36. The molecule has 132 valence electrons. The van der Waals surface area contributed by atoms with Gasteiger partial charge in [-0.25, -0.2) is 4.98 Å². The number of hydrogen-bond acceptors (Lipinski definition) is 6. The van der Waals surface area contributed by atoms with Crippen LogP contribution in [0.3, 0.4) is 0 Å². The number of imidazole rings is 1. The first kappa shape index (κ1) is 17.5. The Morgan fingerprint density at radius 2 is 1.77 bits per heavy atom. The van der Waals surface area contributed by atoms with Gasteiger partial charge in [-0.1, -0.05) is 30.0 Å². The van der Waals surface area contributed by atoms with E-state index in [1.54, 1.807) is 34.0 Å². The first-order valence-corrected chi connectivity index (χ1v) is 11.5. The molecule has 2 N–H and O–H groups in total. The Kier molecular flexibility index (Phi) is 5.54. The maximum Gasteiger partial charge on any atom is 0.230 e. The molecule has 0 aromatic carbocycles. The molecule has 8 heteroatoms. The van der Waals surface area contributed by atoms with Crippen LogP contribution < -0.4 is 5.32 Å². The van der Waals surface area contributed by atoms with Crippen LogP contribution in [0.25, 0.3) is 21.1 Å². The van der Waals surface area contributed by atoms with Crippen LogP contribution in [-0.2, 0) is 11.3 Å². The molecule has 0 aliphatic carbocycles. The molecule has 0 saturated carbocycles. The Balaban J connectivity index is 1.45. The van der Waals surface area contributed by atoms with Gasteiger partial charge in [-0.15, -0.1) is 34.0 Å². The highest BCUT2D eigenvalue weighted by Crippen LogP contribution is 2.36. The van der Waals surface area contributed by atoms with Crippen molar-refractivity contribution in [3.63, 3.8) is 0 Å². The van der Waals surface area contributed by atoms with Gasteiger partial charge < -0.3 is 10.3 Å². The molecule has 0 fully saturated rings. The fourth-order valence-electron chi connectivity index (χ4n) is 2.39. The van der Waals surface area contributed by atoms with E-state index in [4.69, 9.17) is 4.98 Å². The Bertz CT molecular complexity index is 905. The van der Waals surface area contributed by atoms with Crippen molar-refractivity contribution >= 4 is 51.7 Å². The van der Waals surface area contributed by atoms with Crippen molar-refractivity contribution in [3.8, 4) is 21.1 Å². The largest absolute Gasteiger partial charge is 0.350 e. The van der Waals surface area contributed by atoms with Crippen molar-refractivity contribution in [2.75, 3.05) is 5.75 Å². The highest BCUT2D eigenvalue weighted by atomic mass is 32.2. The lowest BCUT2D eigenvalue weighted by Crippen LogP contribution is -2.24. The number of amides is 1. The molecule has 0 unspecified atom stereocenters. The smallest absolute Gasteiger partial charge is 0.230 e. The van der Waals surface area contributed by atoms with Gasteiger partial charge in [0, 0.05) is 4.88 Å². The summed E-state index contributed by atoms with van der Waals surface area (Å²) in [5.74, 6) is 0.349. The molecule has 0 bridgehead atoms. The van der Waals surface area contributed by atoms with E-state index in [0.717, 1.165) is 31.2 Å².